The van der Waals surface area contributed by atoms with Crippen LogP contribution in [0.5, 0.6) is 17.2 Å². The predicted octanol–water partition coefficient (Wildman–Crippen LogP) is 2.44. The summed E-state index contributed by atoms with van der Waals surface area (Å²) in [5.41, 5.74) is 1.88. The number of amides is 2. The fourth-order valence-electron chi connectivity index (χ4n) is 3.40. The maximum atomic E-state index is 12.5. The van der Waals surface area contributed by atoms with E-state index in [9.17, 15) is 14.4 Å². The maximum Gasteiger partial charge on any atom is 0.267 e. The van der Waals surface area contributed by atoms with Crippen LogP contribution in [-0.4, -0.2) is 37.5 Å². The number of ether oxygens (including phenoxy) is 3. The Morgan fingerprint density at radius 2 is 1.83 bits per heavy atom. The highest BCUT2D eigenvalue weighted by molar-refractivity contribution is 6.03. The van der Waals surface area contributed by atoms with Crippen molar-refractivity contribution < 1.29 is 28.6 Å². The van der Waals surface area contributed by atoms with E-state index in [1.54, 1.807) is 38.2 Å². The van der Waals surface area contributed by atoms with Crippen molar-refractivity contribution in [2.45, 2.75) is 32.4 Å². The summed E-state index contributed by atoms with van der Waals surface area (Å²) in [5.74, 6) is 1.34. The lowest BCUT2D eigenvalue weighted by Gasteiger charge is -2.30. The average molecular weight is 410 g/mol. The van der Waals surface area contributed by atoms with Crippen molar-refractivity contribution in [3.63, 3.8) is 0 Å². The van der Waals surface area contributed by atoms with Gasteiger partial charge in [-0.15, -0.1) is 0 Å². The van der Waals surface area contributed by atoms with Gasteiger partial charge in [-0.1, -0.05) is 6.07 Å². The van der Waals surface area contributed by atoms with Crippen molar-refractivity contribution in [2.24, 2.45) is 0 Å². The van der Waals surface area contributed by atoms with E-state index in [1.165, 1.54) is 4.90 Å². The Bertz CT molecular complexity index is 1020. The summed E-state index contributed by atoms with van der Waals surface area (Å²) in [6.45, 7) is 2.22. The number of hydrogen-bond donors (Lipinski definition) is 1. The van der Waals surface area contributed by atoms with Crippen molar-refractivity contribution >= 4 is 23.3 Å². The molecule has 0 saturated heterocycles. The van der Waals surface area contributed by atoms with Gasteiger partial charge in [0.15, 0.2) is 23.4 Å². The summed E-state index contributed by atoms with van der Waals surface area (Å²) in [5, 5.41) is 2.80. The highest BCUT2D eigenvalue weighted by atomic mass is 16.7. The molecule has 2 aromatic carbocycles. The van der Waals surface area contributed by atoms with Crippen molar-refractivity contribution in [2.75, 3.05) is 18.7 Å². The molecule has 1 N–H and O–H groups in total. The lowest BCUT2D eigenvalue weighted by atomic mass is 10.0. The number of ketones is 1. The molecule has 2 aromatic rings. The third-order valence-corrected chi connectivity index (χ3v) is 5.13. The van der Waals surface area contributed by atoms with E-state index in [2.05, 4.69) is 5.32 Å². The SMILES string of the molecule is CC1Oc2ccc(C(=O)CCC(=O)NCc3ccc4c(c3)OCO4)cc2N(C)C1=O. The van der Waals surface area contributed by atoms with Crippen molar-refractivity contribution in [3.05, 3.63) is 47.5 Å². The molecule has 156 valence electrons. The lowest BCUT2D eigenvalue weighted by molar-refractivity contribution is -0.125. The smallest absolute Gasteiger partial charge is 0.267 e. The van der Waals surface area contributed by atoms with E-state index < -0.39 is 6.10 Å². The van der Waals surface area contributed by atoms with Gasteiger partial charge >= 0.3 is 0 Å². The largest absolute Gasteiger partial charge is 0.479 e. The van der Waals surface area contributed by atoms with Crippen molar-refractivity contribution in [1.82, 2.24) is 5.32 Å². The van der Waals surface area contributed by atoms with Crippen molar-refractivity contribution in [1.29, 1.82) is 0 Å². The van der Waals surface area contributed by atoms with Gasteiger partial charge in [0.1, 0.15) is 5.75 Å². The van der Waals surface area contributed by atoms with Gasteiger partial charge in [0, 0.05) is 32.0 Å². The number of rotatable bonds is 6. The van der Waals surface area contributed by atoms with Gasteiger partial charge in [0.05, 0.1) is 5.69 Å². The summed E-state index contributed by atoms with van der Waals surface area (Å²) in [7, 11) is 1.65. The molecule has 2 heterocycles. The molecule has 4 rings (SSSR count). The second-order valence-electron chi connectivity index (χ2n) is 7.23. The van der Waals surface area contributed by atoms with Crippen LogP contribution < -0.4 is 24.4 Å². The van der Waals surface area contributed by atoms with E-state index in [4.69, 9.17) is 14.2 Å². The Balaban J connectivity index is 1.31. The molecule has 1 atom stereocenters. The monoisotopic (exact) mass is 410 g/mol. The molecule has 0 saturated carbocycles. The van der Waals surface area contributed by atoms with Crippen LogP contribution in [0.4, 0.5) is 5.69 Å². The molecule has 1 unspecified atom stereocenters. The fourth-order valence-corrected chi connectivity index (χ4v) is 3.40. The third kappa shape index (κ3) is 3.94. The number of carbonyl (C=O) groups excluding carboxylic acids is 3. The molecule has 0 aromatic heterocycles. The van der Waals surface area contributed by atoms with Crippen LogP contribution in [0.2, 0.25) is 0 Å². The van der Waals surface area contributed by atoms with Crippen LogP contribution in [0, 0.1) is 0 Å². The molecular weight excluding hydrogens is 388 g/mol. The predicted molar refractivity (Wildman–Crippen MR) is 108 cm³/mol. The quantitative estimate of drug-likeness (QED) is 0.735. The van der Waals surface area contributed by atoms with Gasteiger partial charge in [-0.25, -0.2) is 0 Å². The van der Waals surface area contributed by atoms with E-state index in [0.29, 0.717) is 35.0 Å². The van der Waals surface area contributed by atoms with Gasteiger partial charge in [0.25, 0.3) is 5.91 Å². The summed E-state index contributed by atoms with van der Waals surface area (Å²) >= 11 is 0. The topological polar surface area (TPSA) is 94.2 Å². The number of nitrogens with one attached hydrogen (secondary N) is 1. The van der Waals surface area contributed by atoms with E-state index in [-0.39, 0.29) is 37.2 Å². The van der Waals surface area contributed by atoms with E-state index in [1.807, 2.05) is 12.1 Å². The van der Waals surface area contributed by atoms with Gasteiger partial charge in [0.2, 0.25) is 12.7 Å². The van der Waals surface area contributed by atoms with E-state index in [0.717, 1.165) is 5.56 Å². The molecule has 0 fully saturated rings. The number of nitrogens with zero attached hydrogens (tertiary/aromatic N) is 1. The molecule has 0 spiro atoms. The Morgan fingerprint density at radius 1 is 1.07 bits per heavy atom. The second kappa shape index (κ2) is 8.06. The van der Waals surface area contributed by atoms with Crippen molar-refractivity contribution in [3.8, 4) is 17.2 Å². The molecule has 2 aliphatic heterocycles. The molecule has 2 aliphatic rings. The zero-order valence-corrected chi connectivity index (χ0v) is 16.8. The Labute approximate surface area is 173 Å². The minimum atomic E-state index is -0.558. The van der Waals surface area contributed by atoms with Gasteiger partial charge in [-0.05, 0) is 42.8 Å². The molecule has 8 nitrogen and oxygen atoms in total. The highest BCUT2D eigenvalue weighted by Gasteiger charge is 2.29. The van der Waals surface area contributed by atoms with Crippen LogP contribution in [-0.2, 0) is 16.1 Å². The zero-order chi connectivity index (χ0) is 21.3. The first-order chi connectivity index (χ1) is 14.4. The van der Waals surface area contributed by atoms with Crippen LogP contribution >= 0.6 is 0 Å². The first-order valence-corrected chi connectivity index (χ1v) is 9.69. The molecular formula is C22H22N2O6. The Kier molecular flexibility index (Phi) is 5.31. The highest BCUT2D eigenvalue weighted by Crippen LogP contribution is 2.34. The molecule has 2 amide bonds. The number of benzene rings is 2. The normalized spacial score (nSPS) is 16.7. The first-order valence-electron chi connectivity index (χ1n) is 9.69. The van der Waals surface area contributed by atoms with Gasteiger partial charge in [-0.3, -0.25) is 14.4 Å². The fraction of sp³-hybridized carbons (Fsp3) is 0.318. The van der Waals surface area contributed by atoms with Gasteiger partial charge in [-0.2, -0.15) is 0 Å². The number of fused-ring (bicyclic) bond motifs is 2. The van der Waals surface area contributed by atoms with E-state index >= 15 is 0 Å². The third-order valence-electron chi connectivity index (χ3n) is 5.13. The number of carbonyl (C=O) groups is 3. The summed E-state index contributed by atoms with van der Waals surface area (Å²) in [6.07, 6.45) is -0.416. The lowest BCUT2D eigenvalue weighted by Crippen LogP contribution is -2.42. The average Bonchev–Trinajstić information content (AvgIpc) is 3.22. The zero-order valence-electron chi connectivity index (χ0n) is 16.8. The number of Topliss-reactive ketones (excluding diaryl/α,β-unsaturated/α-hetero) is 1. The molecule has 0 bridgehead atoms. The van der Waals surface area contributed by atoms with Crippen LogP contribution in [0.1, 0.15) is 35.7 Å². The Hall–Kier alpha value is -3.55. The Morgan fingerprint density at radius 3 is 2.67 bits per heavy atom. The molecule has 8 heteroatoms. The van der Waals surface area contributed by atoms with Crippen LogP contribution in [0.15, 0.2) is 36.4 Å². The summed E-state index contributed by atoms with van der Waals surface area (Å²) < 4.78 is 16.1. The van der Waals surface area contributed by atoms with Crippen LogP contribution in [0.3, 0.4) is 0 Å². The summed E-state index contributed by atoms with van der Waals surface area (Å²) in [4.78, 5) is 38.3. The number of hydrogen-bond acceptors (Lipinski definition) is 6. The number of anilines is 1. The maximum absolute atomic E-state index is 12.5. The standard InChI is InChI=1S/C22H22N2O6/c1-13-22(27)24(2)16-10-15(4-7-18(16)30-13)17(25)5-8-21(26)23-11-14-3-6-19-20(9-14)29-12-28-19/h3-4,6-7,9-10,13H,5,8,11-12H2,1-2H3,(H,23,26). The molecule has 0 radical (unpaired) electrons. The molecule has 0 aliphatic carbocycles. The molecule has 30 heavy (non-hydrogen) atoms. The second-order valence-corrected chi connectivity index (χ2v) is 7.23. The number of likely N-dealkylation sites (N-methyl/N-ethyl adjacent to an activating group) is 1. The van der Waals surface area contributed by atoms with Gasteiger partial charge < -0.3 is 24.4 Å². The summed E-state index contributed by atoms with van der Waals surface area (Å²) in [6, 6.07) is 10.4. The van der Waals surface area contributed by atoms with Crippen LogP contribution in [0.25, 0.3) is 0 Å². The minimum absolute atomic E-state index is 0.0701. The minimum Gasteiger partial charge on any atom is -0.479 e. The first kappa shape index (κ1) is 19.8.